The quantitative estimate of drug-likeness (QED) is 0.809. The van der Waals surface area contributed by atoms with E-state index in [0.717, 1.165) is 25.4 Å². The molecule has 4 heteroatoms. The molecule has 2 rings (SSSR count). The van der Waals surface area contributed by atoms with E-state index in [2.05, 4.69) is 42.6 Å². The van der Waals surface area contributed by atoms with Crippen LogP contribution in [0, 0.1) is 13.8 Å². The zero-order chi connectivity index (χ0) is 13.7. The van der Waals surface area contributed by atoms with E-state index >= 15 is 0 Å². The largest absolute Gasteiger partial charge is 0.496 e. The highest BCUT2D eigenvalue weighted by molar-refractivity contribution is 5.36. The molecule has 1 heterocycles. The molecule has 0 bridgehead atoms. The van der Waals surface area contributed by atoms with E-state index in [1.54, 1.807) is 7.11 Å². The third-order valence-corrected chi connectivity index (χ3v) is 3.07. The van der Waals surface area contributed by atoms with Crippen molar-refractivity contribution in [2.24, 2.45) is 0 Å². The summed E-state index contributed by atoms with van der Waals surface area (Å²) in [5.74, 6) is 0.941. The van der Waals surface area contributed by atoms with Crippen molar-refractivity contribution < 1.29 is 4.74 Å². The summed E-state index contributed by atoms with van der Waals surface area (Å²) in [6.45, 7) is 6.78. The van der Waals surface area contributed by atoms with Crippen molar-refractivity contribution in [3.05, 3.63) is 47.3 Å². The van der Waals surface area contributed by atoms with Gasteiger partial charge in [0.1, 0.15) is 5.75 Å². The summed E-state index contributed by atoms with van der Waals surface area (Å²) < 4.78 is 7.21. The van der Waals surface area contributed by atoms with Gasteiger partial charge >= 0.3 is 0 Å². The number of aromatic nitrogens is 2. The topological polar surface area (TPSA) is 39.1 Å². The van der Waals surface area contributed by atoms with Crippen LogP contribution in [0.4, 0.5) is 0 Å². The Kier molecular flexibility index (Phi) is 4.58. The zero-order valence-electron chi connectivity index (χ0n) is 11.8. The van der Waals surface area contributed by atoms with E-state index in [9.17, 15) is 0 Å². The summed E-state index contributed by atoms with van der Waals surface area (Å²) in [4.78, 5) is 0. The first-order valence-corrected chi connectivity index (χ1v) is 6.52. The minimum absolute atomic E-state index is 0.866. The average molecular weight is 259 g/mol. The number of rotatable bonds is 6. The van der Waals surface area contributed by atoms with Gasteiger partial charge in [0.15, 0.2) is 0 Å². The summed E-state index contributed by atoms with van der Waals surface area (Å²) in [5.41, 5.74) is 3.64. The van der Waals surface area contributed by atoms with Crippen molar-refractivity contribution in [3.8, 4) is 5.75 Å². The molecule has 102 valence electrons. The Bertz CT molecular complexity index is 534. The molecule has 0 radical (unpaired) electrons. The van der Waals surface area contributed by atoms with Gasteiger partial charge in [-0.05, 0) is 36.6 Å². The van der Waals surface area contributed by atoms with Gasteiger partial charge in [0.2, 0.25) is 0 Å². The van der Waals surface area contributed by atoms with E-state index in [1.165, 1.54) is 16.7 Å². The van der Waals surface area contributed by atoms with Crippen LogP contribution in [-0.2, 0) is 13.1 Å². The van der Waals surface area contributed by atoms with Gasteiger partial charge in [-0.15, -0.1) is 0 Å². The Morgan fingerprint density at radius 1 is 1.32 bits per heavy atom. The van der Waals surface area contributed by atoms with Crippen molar-refractivity contribution in [1.82, 2.24) is 15.1 Å². The van der Waals surface area contributed by atoms with Crippen LogP contribution in [0.2, 0.25) is 0 Å². The van der Waals surface area contributed by atoms with E-state index in [4.69, 9.17) is 4.74 Å². The smallest absolute Gasteiger partial charge is 0.121 e. The Morgan fingerprint density at radius 3 is 2.79 bits per heavy atom. The SMILES string of the molecule is COc1ccc(CNCCn2cc(C)cn2)cc1C. The van der Waals surface area contributed by atoms with Gasteiger partial charge in [0.25, 0.3) is 0 Å². The van der Waals surface area contributed by atoms with Crippen molar-refractivity contribution in [2.75, 3.05) is 13.7 Å². The second-order valence-corrected chi connectivity index (χ2v) is 4.76. The molecule has 0 unspecified atom stereocenters. The van der Waals surface area contributed by atoms with Crippen LogP contribution >= 0.6 is 0 Å². The summed E-state index contributed by atoms with van der Waals surface area (Å²) in [7, 11) is 1.70. The second-order valence-electron chi connectivity index (χ2n) is 4.76. The number of nitrogens with one attached hydrogen (secondary N) is 1. The normalized spacial score (nSPS) is 10.7. The molecule has 0 aliphatic heterocycles. The van der Waals surface area contributed by atoms with Crippen LogP contribution < -0.4 is 10.1 Å². The maximum Gasteiger partial charge on any atom is 0.121 e. The molecule has 0 amide bonds. The third kappa shape index (κ3) is 3.83. The minimum Gasteiger partial charge on any atom is -0.496 e. The molecule has 0 aliphatic carbocycles. The zero-order valence-corrected chi connectivity index (χ0v) is 11.8. The first kappa shape index (κ1) is 13.6. The third-order valence-electron chi connectivity index (χ3n) is 3.07. The lowest BCUT2D eigenvalue weighted by molar-refractivity contribution is 0.411. The van der Waals surface area contributed by atoms with Crippen molar-refractivity contribution in [2.45, 2.75) is 26.9 Å². The van der Waals surface area contributed by atoms with E-state index in [0.29, 0.717) is 0 Å². The molecule has 4 nitrogen and oxygen atoms in total. The average Bonchev–Trinajstić information content (AvgIpc) is 2.81. The van der Waals surface area contributed by atoms with Crippen LogP contribution in [0.15, 0.2) is 30.6 Å². The predicted molar refractivity (Wildman–Crippen MR) is 76.4 cm³/mol. The van der Waals surface area contributed by atoms with Gasteiger partial charge < -0.3 is 10.1 Å². The van der Waals surface area contributed by atoms with Gasteiger partial charge in [-0.2, -0.15) is 5.10 Å². The fourth-order valence-corrected chi connectivity index (χ4v) is 2.07. The summed E-state index contributed by atoms with van der Waals surface area (Å²) >= 11 is 0. The molecular formula is C15H21N3O. The van der Waals surface area contributed by atoms with Gasteiger partial charge in [0, 0.05) is 19.3 Å². The monoisotopic (exact) mass is 259 g/mol. The summed E-state index contributed by atoms with van der Waals surface area (Å²) in [5, 5.41) is 7.68. The summed E-state index contributed by atoms with van der Waals surface area (Å²) in [6, 6.07) is 6.27. The molecule has 19 heavy (non-hydrogen) atoms. The van der Waals surface area contributed by atoms with Crippen LogP contribution in [0.5, 0.6) is 5.75 Å². The molecule has 0 saturated carbocycles. The van der Waals surface area contributed by atoms with Gasteiger partial charge in [0.05, 0.1) is 19.9 Å². The molecule has 0 spiro atoms. The number of hydrogen-bond donors (Lipinski definition) is 1. The van der Waals surface area contributed by atoms with Gasteiger partial charge in [-0.3, -0.25) is 4.68 Å². The fraction of sp³-hybridized carbons (Fsp3) is 0.400. The van der Waals surface area contributed by atoms with Gasteiger partial charge in [-0.1, -0.05) is 12.1 Å². The Balaban J connectivity index is 1.78. The Morgan fingerprint density at radius 2 is 2.16 bits per heavy atom. The number of ether oxygens (including phenoxy) is 1. The minimum atomic E-state index is 0.866. The predicted octanol–water partition coefficient (Wildman–Crippen LogP) is 2.30. The highest BCUT2D eigenvalue weighted by atomic mass is 16.5. The highest BCUT2D eigenvalue weighted by Gasteiger charge is 2.00. The highest BCUT2D eigenvalue weighted by Crippen LogP contribution is 2.18. The lowest BCUT2D eigenvalue weighted by Crippen LogP contribution is -2.19. The Labute approximate surface area is 114 Å². The number of benzene rings is 1. The number of aryl methyl sites for hydroxylation is 2. The first-order valence-electron chi connectivity index (χ1n) is 6.52. The maximum absolute atomic E-state index is 5.25. The van der Waals surface area contributed by atoms with E-state index in [-0.39, 0.29) is 0 Å². The number of hydrogen-bond acceptors (Lipinski definition) is 3. The number of nitrogens with zero attached hydrogens (tertiary/aromatic N) is 2. The summed E-state index contributed by atoms with van der Waals surface area (Å²) in [6.07, 6.45) is 3.94. The molecule has 1 N–H and O–H groups in total. The van der Waals surface area contributed by atoms with Crippen LogP contribution in [0.3, 0.4) is 0 Å². The molecule has 0 saturated heterocycles. The first-order chi connectivity index (χ1) is 9.19. The lowest BCUT2D eigenvalue weighted by atomic mass is 10.1. The van der Waals surface area contributed by atoms with E-state index in [1.807, 2.05) is 16.9 Å². The molecule has 2 aromatic rings. The van der Waals surface area contributed by atoms with Crippen LogP contribution in [0.25, 0.3) is 0 Å². The van der Waals surface area contributed by atoms with Crippen molar-refractivity contribution >= 4 is 0 Å². The molecule has 1 aromatic heterocycles. The van der Waals surface area contributed by atoms with Gasteiger partial charge in [-0.25, -0.2) is 0 Å². The number of methoxy groups -OCH3 is 1. The molecule has 0 atom stereocenters. The standard InChI is InChI=1S/C15H21N3O/c1-12-9-17-18(11-12)7-6-16-10-14-4-5-15(19-3)13(2)8-14/h4-5,8-9,11,16H,6-7,10H2,1-3H3. The second kappa shape index (κ2) is 6.38. The van der Waals surface area contributed by atoms with Crippen molar-refractivity contribution in [3.63, 3.8) is 0 Å². The fourth-order valence-electron chi connectivity index (χ4n) is 2.07. The lowest BCUT2D eigenvalue weighted by Gasteiger charge is -2.08. The van der Waals surface area contributed by atoms with E-state index < -0.39 is 0 Å². The molecule has 1 aromatic carbocycles. The molecular weight excluding hydrogens is 238 g/mol. The maximum atomic E-state index is 5.25. The van der Waals surface area contributed by atoms with Crippen LogP contribution in [-0.4, -0.2) is 23.4 Å². The Hall–Kier alpha value is -1.81. The molecule has 0 fully saturated rings. The van der Waals surface area contributed by atoms with Crippen LogP contribution in [0.1, 0.15) is 16.7 Å². The molecule has 0 aliphatic rings. The van der Waals surface area contributed by atoms with Crippen molar-refractivity contribution in [1.29, 1.82) is 0 Å².